The van der Waals surface area contributed by atoms with Gasteiger partial charge in [0.15, 0.2) is 5.82 Å². The molecule has 0 spiro atoms. The van der Waals surface area contributed by atoms with Crippen molar-refractivity contribution in [3.8, 4) is 0 Å². The van der Waals surface area contributed by atoms with Gasteiger partial charge in [-0.25, -0.2) is 0 Å². The molecule has 0 aliphatic heterocycles. The van der Waals surface area contributed by atoms with Crippen LogP contribution in [0.15, 0.2) is 12.1 Å². The molecule has 0 aromatic carbocycles. The van der Waals surface area contributed by atoms with Crippen molar-refractivity contribution in [1.29, 1.82) is 0 Å². The first-order valence-corrected chi connectivity index (χ1v) is 5.87. The van der Waals surface area contributed by atoms with E-state index in [0.29, 0.717) is 18.0 Å². The molecule has 0 saturated carbocycles. The number of hydrogen-bond acceptors (Lipinski definition) is 5. The van der Waals surface area contributed by atoms with Gasteiger partial charge in [-0.2, -0.15) is 5.10 Å². The molecule has 0 amide bonds. The van der Waals surface area contributed by atoms with Gasteiger partial charge in [0, 0.05) is 26.6 Å². The molecule has 0 saturated heterocycles. The normalized spacial score (nSPS) is 10.2. The van der Waals surface area contributed by atoms with Crippen molar-refractivity contribution in [3.63, 3.8) is 0 Å². The van der Waals surface area contributed by atoms with Crippen molar-refractivity contribution in [3.05, 3.63) is 17.8 Å². The van der Waals surface area contributed by atoms with Crippen LogP contribution in [0.5, 0.6) is 0 Å². The molecular weight excluding hydrogens is 236 g/mol. The highest BCUT2D eigenvalue weighted by atomic mass is 32.1. The standard InChI is InChI=1S/C11H18N4OS/c1-9-3-4-11(14-13-9)15(7-8-16-2)6-5-10(12)17/h3-4H,5-8H2,1-2H3,(H2,12,17). The maximum absolute atomic E-state index is 5.51. The minimum atomic E-state index is 0.507. The maximum Gasteiger partial charge on any atom is 0.151 e. The van der Waals surface area contributed by atoms with Crippen molar-refractivity contribution in [2.75, 3.05) is 31.7 Å². The van der Waals surface area contributed by atoms with Crippen molar-refractivity contribution in [1.82, 2.24) is 10.2 Å². The summed E-state index contributed by atoms with van der Waals surface area (Å²) in [6.45, 7) is 4.02. The summed E-state index contributed by atoms with van der Waals surface area (Å²) in [4.78, 5) is 2.57. The number of aromatic nitrogens is 2. The van der Waals surface area contributed by atoms with Crippen molar-refractivity contribution in [2.24, 2.45) is 5.73 Å². The number of rotatable bonds is 7. The van der Waals surface area contributed by atoms with E-state index in [4.69, 9.17) is 22.7 Å². The van der Waals surface area contributed by atoms with Crippen LogP contribution in [0.25, 0.3) is 0 Å². The van der Waals surface area contributed by atoms with Gasteiger partial charge in [0.05, 0.1) is 17.3 Å². The van der Waals surface area contributed by atoms with Crippen molar-refractivity contribution >= 4 is 23.0 Å². The number of thiocarbonyl (C=S) groups is 1. The molecule has 0 aliphatic carbocycles. The number of nitrogens with zero attached hydrogens (tertiary/aromatic N) is 3. The molecular formula is C11H18N4OS. The summed E-state index contributed by atoms with van der Waals surface area (Å²) in [5.41, 5.74) is 6.41. The average Bonchev–Trinajstić information content (AvgIpc) is 2.30. The third-order valence-electron chi connectivity index (χ3n) is 2.30. The Bertz CT molecular complexity index is 355. The molecule has 0 radical (unpaired) electrons. The van der Waals surface area contributed by atoms with Gasteiger partial charge in [-0.05, 0) is 19.1 Å². The second-order valence-corrected chi connectivity index (χ2v) is 4.25. The number of anilines is 1. The van der Waals surface area contributed by atoms with Gasteiger partial charge in [-0.1, -0.05) is 12.2 Å². The highest BCUT2D eigenvalue weighted by molar-refractivity contribution is 7.80. The van der Waals surface area contributed by atoms with Crippen LogP contribution in [0.2, 0.25) is 0 Å². The second-order valence-electron chi connectivity index (χ2n) is 3.73. The van der Waals surface area contributed by atoms with E-state index in [1.165, 1.54) is 0 Å². The fraction of sp³-hybridized carbons (Fsp3) is 0.545. The molecule has 1 aromatic heterocycles. The smallest absolute Gasteiger partial charge is 0.151 e. The minimum absolute atomic E-state index is 0.507. The Balaban J connectivity index is 2.67. The fourth-order valence-electron chi connectivity index (χ4n) is 1.35. The summed E-state index contributed by atoms with van der Waals surface area (Å²) in [5, 5.41) is 8.18. The van der Waals surface area contributed by atoms with Crippen molar-refractivity contribution in [2.45, 2.75) is 13.3 Å². The first kappa shape index (κ1) is 13.8. The Morgan fingerprint density at radius 3 is 2.71 bits per heavy atom. The summed E-state index contributed by atoms with van der Waals surface area (Å²) in [7, 11) is 1.67. The average molecular weight is 254 g/mol. The number of nitrogens with two attached hydrogens (primary N) is 1. The largest absolute Gasteiger partial charge is 0.393 e. The van der Waals surface area contributed by atoms with Crippen LogP contribution in [0.4, 0.5) is 5.82 Å². The van der Waals surface area contributed by atoms with E-state index in [9.17, 15) is 0 Å². The zero-order chi connectivity index (χ0) is 12.7. The van der Waals surface area contributed by atoms with Crippen LogP contribution in [-0.4, -0.2) is 42.0 Å². The number of methoxy groups -OCH3 is 1. The quantitative estimate of drug-likeness (QED) is 0.730. The van der Waals surface area contributed by atoms with E-state index >= 15 is 0 Å². The van der Waals surface area contributed by atoms with E-state index in [-0.39, 0.29) is 0 Å². The molecule has 0 bridgehead atoms. The van der Waals surface area contributed by atoms with Crippen LogP contribution in [-0.2, 0) is 4.74 Å². The van der Waals surface area contributed by atoms with Gasteiger partial charge in [0.1, 0.15) is 0 Å². The predicted molar refractivity (Wildman–Crippen MR) is 72.3 cm³/mol. The predicted octanol–water partition coefficient (Wildman–Crippen LogP) is 0.914. The van der Waals surface area contributed by atoms with E-state index in [1.54, 1.807) is 7.11 Å². The van der Waals surface area contributed by atoms with Gasteiger partial charge in [0.2, 0.25) is 0 Å². The highest BCUT2D eigenvalue weighted by Gasteiger charge is 2.08. The summed E-state index contributed by atoms with van der Waals surface area (Å²) in [6, 6.07) is 3.88. The van der Waals surface area contributed by atoms with Gasteiger partial charge in [-0.15, -0.1) is 5.10 Å². The highest BCUT2D eigenvalue weighted by Crippen LogP contribution is 2.09. The van der Waals surface area contributed by atoms with Crippen LogP contribution >= 0.6 is 12.2 Å². The first-order chi connectivity index (χ1) is 8.13. The summed E-state index contributed by atoms with van der Waals surface area (Å²) in [6.07, 6.45) is 0.661. The third kappa shape index (κ3) is 5.06. The molecule has 5 nitrogen and oxygen atoms in total. The Hall–Kier alpha value is -1.27. The van der Waals surface area contributed by atoms with Gasteiger partial charge >= 0.3 is 0 Å². The topological polar surface area (TPSA) is 64.3 Å². The molecule has 17 heavy (non-hydrogen) atoms. The minimum Gasteiger partial charge on any atom is -0.393 e. The van der Waals surface area contributed by atoms with E-state index < -0.39 is 0 Å². The summed E-state index contributed by atoms with van der Waals surface area (Å²) in [5.74, 6) is 0.823. The lowest BCUT2D eigenvalue weighted by atomic mass is 10.3. The van der Waals surface area contributed by atoms with E-state index in [2.05, 4.69) is 15.1 Å². The molecule has 2 N–H and O–H groups in total. The van der Waals surface area contributed by atoms with Crippen LogP contribution < -0.4 is 10.6 Å². The number of hydrogen-bond donors (Lipinski definition) is 1. The van der Waals surface area contributed by atoms with Crippen LogP contribution in [0.1, 0.15) is 12.1 Å². The van der Waals surface area contributed by atoms with E-state index in [1.807, 2.05) is 19.1 Å². The van der Waals surface area contributed by atoms with E-state index in [0.717, 1.165) is 24.6 Å². The monoisotopic (exact) mass is 254 g/mol. The molecule has 0 aliphatic rings. The molecule has 0 fully saturated rings. The first-order valence-electron chi connectivity index (χ1n) is 5.46. The molecule has 0 unspecified atom stereocenters. The fourth-order valence-corrected chi connectivity index (χ4v) is 1.44. The second kappa shape index (κ2) is 7.13. The van der Waals surface area contributed by atoms with Gasteiger partial charge in [-0.3, -0.25) is 0 Å². The molecule has 6 heteroatoms. The van der Waals surface area contributed by atoms with Gasteiger partial charge in [0.25, 0.3) is 0 Å². The summed E-state index contributed by atoms with van der Waals surface area (Å²) < 4.78 is 5.07. The Kier molecular flexibility index (Phi) is 5.79. The zero-order valence-corrected chi connectivity index (χ0v) is 11.0. The molecule has 0 atom stereocenters. The number of aryl methyl sites for hydroxylation is 1. The lowest BCUT2D eigenvalue weighted by Gasteiger charge is -2.22. The maximum atomic E-state index is 5.51. The lowest BCUT2D eigenvalue weighted by molar-refractivity contribution is 0.205. The van der Waals surface area contributed by atoms with Crippen molar-refractivity contribution < 1.29 is 4.74 Å². The van der Waals surface area contributed by atoms with Gasteiger partial charge < -0.3 is 15.4 Å². The summed E-state index contributed by atoms with van der Waals surface area (Å²) >= 11 is 4.88. The third-order valence-corrected chi connectivity index (χ3v) is 2.51. The molecule has 94 valence electrons. The lowest BCUT2D eigenvalue weighted by Crippen LogP contribution is -2.31. The molecule has 1 rings (SSSR count). The van der Waals surface area contributed by atoms with Crippen LogP contribution in [0.3, 0.4) is 0 Å². The Morgan fingerprint density at radius 1 is 1.41 bits per heavy atom. The zero-order valence-electron chi connectivity index (χ0n) is 10.2. The Labute approximate surface area is 107 Å². The molecule has 1 heterocycles. The number of ether oxygens (including phenoxy) is 1. The SMILES string of the molecule is COCCN(CCC(N)=S)c1ccc(C)nn1. The Morgan fingerprint density at radius 2 is 2.18 bits per heavy atom. The molecule has 1 aromatic rings. The van der Waals surface area contributed by atoms with Crippen LogP contribution in [0, 0.1) is 6.92 Å².